The summed E-state index contributed by atoms with van der Waals surface area (Å²) in [6.07, 6.45) is 3.87. The van der Waals surface area contributed by atoms with E-state index in [4.69, 9.17) is 4.74 Å². The van der Waals surface area contributed by atoms with Crippen LogP contribution in [0.2, 0.25) is 0 Å². The lowest BCUT2D eigenvalue weighted by atomic mass is 9.99. The lowest BCUT2D eigenvalue weighted by molar-refractivity contribution is 0.00887. The Morgan fingerprint density at radius 3 is 2.58 bits per heavy atom. The molecule has 0 aromatic heterocycles. The van der Waals surface area contributed by atoms with E-state index >= 15 is 0 Å². The molecule has 0 bridgehead atoms. The van der Waals surface area contributed by atoms with Gasteiger partial charge in [-0.25, -0.2) is 0 Å². The van der Waals surface area contributed by atoms with Gasteiger partial charge in [0.15, 0.2) is 0 Å². The molecule has 0 heterocycles. The standard InChI is InChI=1S/C15H18Br2O2/c1-2-6-13(9-15(16)17)14(18)11-19-10-12-7-4-3-5-8-12/h2-5,7-9,13-14,18H,1,6,10-11H2/t13-,14+/m0/s1. The summed E-state index contributed by atoms with van der Waals surface area (Å²) in [4.78, 5) is 0. The Morgan fingerprint density at radius 2 is 2.00 bits per heavy atom. The first-order valence-corrected chi connectivity index (χ1v) is 7.65. The summed E-state index contributed by atoms with van der Waals surface area (Å²) in [6.45, 7) is 4.52. The van der Waals surface area contributed by atoms with Crippen molar-refractivity contribution in [2.75, 3.05) is 6.61 Å². The molecule has 0 aliphatic carbocycles. The lowest BCUT2D eigenvalue weighted by Crippen LogP contribution is -2.24. The highest BCUT2D eigenvalue weighted by Crippen LogP contribution is 2.21. The maximum atomic E-state index is 10.1. The van der Waals surface area contributed by atoms with E-state index in [0.717, 1.165) is 8.96 Å². The first-order valence-electron chi connectivity index (χ1n) is 6.07. The van der Waals surface area contributed by atoms with Gasteiger partial charge in [0, 0.05) is 5.92 Å². The summed E-state index contributed by atoms with van der Waals surface area (Å²) in [5.74, 6) is -0.0120. The molecule has 19 heavy (non-hydrogen) atoms. The van der Waals surface area contributed by atoms with Gasteiger partial charge in [-0.1, -0.05) is 42.5 Å². The third-order valence-corrected chi connectivity index (χ3v) is 3.20. The van der Waals surface area contributed by atoms with E-state index in [1.165, 1.54) is 0 Å². The van der Waals surface area contributed by atoms with E-state index in [1.54, 1.807) is 6.08 Å². The van der Waals surface area contributed by atoms with E-state index < -0.39 is 6.10 Å². The number of ether oxygens (including phenoxy) is 1. The van der Waals surface area contributed by atoms with Crippen LogP contribution in [0.15, 0.2) is 52.5 Å². The summed E-state index contributed by atoms with van der Waals surface area (Å²) in [5.41, 5.74) is 1.10. The quantitative estimate of drug-likeness (QED) is 0.668. The van der Waals surface area contributed by atoms with Crippen LogP contribution >= 0.6 is 31.9 Å². The van der Waals surface area contributed by atoms with Gasteiger partial charge in [-0.15, -0.1) is 6.58 Å². The molecule has 104 valence electrons. The maximum absolute atomic E-state index is 10.1. The molecular weight excluding hydrogens is 372 g/mol. The average Bonchev–Trinajstić information content (AvgIpc) is 2.39. The van der Waals surface area contributed by atoms with Crippen molar-refractivity contribution < 1.29 is 9.84 Å². The minimum absolute atomic E-state index is 0.0120. The van der Waals surface area contributed by atoms with Crippen molar-refractivity contribution >= 4 is 31.9 Å². The number of benzene rings is 1. The summed E-state index contributed by atoms with van der Waals surface area (Å²) >= 11 is 6.62. The van der Waals surface area contributed by atoms with Crippen LogP contribution in [0.5, 0.6) is 0 Å². The van der Waals surface area contributed by atoms with Crippen molar-refractivity contribution in [3.63, 3.8) is 0 Å². The number of allylic oxidation sites excluding steroid dienone is 1. The molecule has 0 aliphatic rings. The molecule has 2 nitrogen and oxygen atoms in total. The van der Waals surface area contributed by atoms with Gasteiger partial charge in [-0.3, -0.25) is 0 Å². The molecule has 0 saturated heterocycles. The molecule has 1 rings (SSSR count). The van der Waals surface area contributed by atoms with Crippen molar-refractivity contribution in [3.05, 3.63) is 58.0 Å². The topological polar surface area (TPSA) is 29.5 Å². The molecule has 1 aromatic rings. The molecule has 1 aromatic carbocycles. The molecule has 1 N–H and O–H groups in total. The first kappa shape index (κ1) is 16.6. The van der Waals surface area contributed by atoms with Gasteiger partial charge in [0.2, 0.25) is 0 Å². The van der Waals surface area contributed by atoms with E-state index in [0.29, 0.717) is 19.6 Å². The van der Waals surface area contributed by atoms with E-state index in [-0.39, 0.29) is 5.92 Å². The summed E-state index contributed by atoms with van der Waals surface area (Å²) in [6, 6.07) is 9.92. The third kappa shape index (κ3) is 7.06. The summed E-state index contributed by atoms with van der Waals surface area (Å²) in [7, 11) is 0. The summed E-state index contributed by atoms with van der Waals surface area (Å²) < 4.78 is 6.37. The lowest BCUT2D eigenvalue weighted by Gasteiger charge is -2.18. The third-order valence-electron chi connectivity index (χ3n) is 2.67. The van der Waals surface area contributed by atoms with Gasteiger partial charge in [0.1, 0.15) is 0 Å². The molecule has 0 unspecified atom stereocenters. The molecule has 0 fully saturated rings. The van der Waals surface area contributed by atoms with Crippen LogP contribution in [0.3, 0.4) is 0 Å². The molecule has 0 saturated carbocycles. The Bertz CT molecular complexity index is 400. The number of aliphatic hydroxyl groups is 1. The predicted molar refractivity (Wildman–Crippen MR) is 86.3 cm³/mol. The van der Waals surface area contributed by atoms with Crippen LogP contribution in [0, 0.1) is 5.92 Å². The van der Waals surface area contributed by atoms with Crippen LogP contribution < -0.4 is 0 Å². The zero-order valence-corrected chi connectivity index (χ0v) is 13.8. The van der Waals surface area contributed by atoms with Crippen molar-refractivity contribution in [1.82, 2.24) is 0 Å². The van der Waals surface area contributed by atoms with E-state index in [1.807, 2.05) is 36.4 Å². The maximum Gasteiger partial charge on any atom is 0.0839 e. The number of hydrogen-bond donors (Lipinski definition) is 1. The molecular formula is C15H18Br2O2. The molecule has 0 radical (unpaired) electrons. The second-order valence-electron chi connectivity index (χ2n) is 4.21. The fraction of sp³-hybridized carbons (Fsp3) is 0.333. The van der Waals surface area contributed by atoms with E-state index in [2.05, 4.69) is 38.4 Å². The number of aliphatic hydroxyl groups excluding tert-OH is 1. The van der Waals surface area contributed by atoms with Gasteiger partial charge >= 0.3 is 0 Å². The Kier molecular flexibility index (Phi) is 8.30. The number of rotatable bonds is 8. The predicted octanol–water partition coefficient (Wildman–Crippen LogP) is 4.39. The second kappa shape index (κ2) is 9.48. The molecule has 2 atom stereocenters. The number of halogens is 2. The van der Waals surface area contributed by atoms with Crippen LogP contribution in [0.25, 0.3) is 0 Å². The van der Waals surface area contributed by atoms with Crippen molar-refractivity contribution in [2.24, 2.45) is 5.92 Å². The highest BCUT2D eigenvalue weighted by molar-refractivity contribution is 9.28. The van der Waals surface area contributed by atoms with Gasteiger partial charge < -0.3 is 9.84 Å². The first-order chi connectivity index (χ1) is 9.13. The Morgan fingerprint density at radius 1 is 1.32 bits per heavy atom. The van der Waals surface area contributed by atoms with Crippen molar-refractivity contribution in [1.29, 1.82) is 0 Å². The Labute approximate surface area is 131 Å². The van der Waals surface area contributed by atoms with Crippen LogP contribution in [0.4, 0.5) is 0 Å². The van der Waals surface area contributed by atoms with Gasteiger partial charge in [0.25, 0.3) is 0 Å². The van der Waals surface area contributed by atoms with Crippen molar-refractivity contribution in [2.45, 2.75) is 19.1 Å². The van der Waals surface area contributed by atoms with E-state index in [9.17, 15) is 5.11 Å². The fourth-order valence-electron chi connectivity index (χ4n) is 1.69. The zero-order valence-electron chi connectivity index (χ0n) is 10.6. The monoisotopic (exact) mass is 388 g/mol. The van der Waals surface area contributed by atoms with Crippen LogP contribution in [-0.4, -0.2) is 17.8 Å². The smallest absolute Gasteiger partial charge is 0.0839 e. The molecule has 4 heteroatoms. The Hall–Kier alpha value is -0.420. The fourth-order valence-corrected chi connectivity index (χ4v) is 2.36. The number of hydrogen-bond acceptors (Lipinski definition) is 2. The Balaban J connectivity index is 2.42. The van der Waals surface area contributed by atoms with Gasteiger partial charge in [-0.2, -0.15) is 0 Å². The van der Waals surface area contributed by atoms with Gasteiger partial charge in [0.05, 0.1) is 22.7 Å². The largest absolute Gasteiger partial charge is 0.390 e. The van der Waals surface area contributed by atoms with Crippen LogP contribution in [0.1, 0.15) is 12.0 Å². The normalized spacial score (nSPS) is 13.6. The van der Waals surface area contributed by atoms with Crippen molar-refractivity contribution in [3.8, 4) is 0 Å². The minimum Gasteiger partial charge on any atom is -0.390 e. The SMILES string of the molecule is C=CC[C@@H](C=C(Br)Br)[C@H](O)COCc1ccccc1. The molecule has 0 spiro atoms. The van der Waals surface area contributed by atoms with Gasteiger partial charge in [-0.05, 0) is 43.8 Å². The zero-order chi connectivity index (χ0) is 14.1. The minimum atomic E-state index is -0.549. The van der Waals surface area contributed by atoms with Crippen LogP contribution in [-0.2, 0) is 11.3 Å². The molecule has 0 aliphatic heterocycles. The second-order valence-corrected chi connectivity index (χ2v) is 6.99. The average molecular weight is 390 g/mol. The highest BCUT2D eigenvalue weighted by Gasteiger charge is 2.16. The highest BCUT2D eigenvalue weighted by atomic mass is 79.9. The summed E-state index contributed by atoms with van der Waals surface area (Å²) in [5, 5.41) is 10.1. The molecule has 0 amide bonds.